The third-order valence-electron chi connectivity index (χ3n) is 2.53. The lowest BCUT2D eigenvalue weighted by atomic mass is 9.80. The number of rotatable bonds is 1. The molecular weight excluding hydrogens is 182 g/mol. The fourth-order valence-corrected chi connectivity index (χ4v) is 1.94. The van der Waals surface area contributed by atoms with Crippen LogP contribution in [0.3, 0.4) is 0 Å². The van der Waals surface area contributed by atoms with Gasteiger partial charge in [0.05, 0.1) is 13.2 Å². The summed E-state index contributed by atoms with van der Waals surface area (Å²) in [4.78, 5) is 11.8. The molecule has 0 radical (unpaired) electrons. The second kappa shape index (κ2) is 2.94. The van der Waals surface area contributed by atoms with Crippen LogP contribution in [0.5, 0.6) is 0 Å². The Kier molecular flexibility index (Phi) is 2.08. The van der Waals surface area contributed by atoms with Crippen molar-refractivity contribution in [3.8, 4) is 0 Å². The quantitative estimate of drug-likeness (QED) is 0.623. The van der Waals surface area contributed by atoms with Crippen molar-refractivity contribution in [2.45, 2.75) is 44.4 Å². The standard InChI is InChI=1S/C10H17NO3/c1-9(2,3)14-8(12)10-4-7(11-10)5-13-6-10/h7,11H,4-6H2,1-3H3. The fourth-order valence-electron chi connectivity index (χ4n) is 1.94. The van der Waals surface area contributed by atoms with E-state index in [2.05, 4.69) is 5.32 Å². The monoisotopic (exact) mass is 199 g/mol. The molecule has 3 rings (SSSR count). The molecule has 0 saturated carbocycles. The molecule has 0 aromatic heterocycles. The van der Waals surface area contributed by atoms with E-state index in [-0.39, 0.29) is 5.97 Å². The van der Waals surface area contributed by atoms with Crippen LogP contribution >= 0.6 is 0 Å². The van der Waals surface area contributed by atoms with Gasteiger partial charge >= 0.3 is 5.97 Å². The van der Waals surface area contributed by atoms with E-state index in [1.54, 1.807) is 0 Å². The van der Waals surface area contributed by atoms with Crippen LogP contribution in [0.2, 0.25) is 0 Å². The lowest BCUT2D eigenvalue weighted by molar-refractivity contribution is -0.182. The molecule has 2 unspecified atom stereocenters. The molecule has 3 fully saturated rings. The molecule has 4 heteroatoms. The molecule has 3 aliphatic rings. The van der Waals surface area contributed by atoms with Crippen molar-refractivity contribution in [1.82, 2.24) is 5.32 Å². The number of esters is 1. The Bertz CT molecular complexity index is 245. The number of hydrogen-bond acceptors (Lipinski definition) is 4. The van der Waals surface area contributed by atoms with Gasteiger partial charge in [0, 0.05) is 6.04 Å². The minimum absolute atomic E-state index is 0.180. The zero-order chi connectivity index (χ0) is 10.4. The van der Waals surface area contributed by atoms with Crippen molar-refractivity contribution in [2.24, 2.45) is 0 Å². The third-order valence-corrected chi connectivity index (χ3v) is 2.53. The van der Waals surface area contributed by atoms with E-state index in [1.165, 1.54) is 0 Å². The normalized spacial score (nSPS) is 36.1. The van der Waals surface area contributed by atoms with Crippen LogP contribution in [0.4, 0.5) is 0 Å². The van der Waals surface area contributed by atoms with Crippen LogP contribution in [0.15, 0.2) is 0 Å². The Morgan fingerprint density at radius 3 is 2.64 bits per heavy atom. The van der Waals surface area contributed by atoms with Crippen LogP contribution in [0.1, 0.15) is 27.2 Å². The molecule has 0 aliphatic carbocycles. The van der Waals surface area contributed by atoms with Crippen LogP contribution in [0, 0.1) is 0 Å². The van der Waals surface area contributed by atoms with Crippen molar-refractivity contribution in [2.75, 3.05) is 13.2 Å². The summed E-state index contributed by atoms with van der Waals surface area (Å²) < 4.78 is 10.6. The molecule has 0 amide bonds. The second-order valence-corrected chi connectivity index (χ2v) is 5.14. The average Bonchev–Trinajstić information content (AvgIpc) is 2.00. The Hall–Kier alpha value is -0.610. The van der Waals surface area contributed by atoms with E-state index in [9.17, 15) is 4.79 Å². The lowest BCUT2D eigenvalue weighted by Gasteiger charge is -2.51. The molecule has 1 N–H and O–H groups in total. The van der Waals surface area contributed by atoms with Crippen LogP contribution in [0.25, 0.3) is 0 Å². The van der Waals surface area contributed by atoms with Gasteiger partial charge in [0.2, 0.25) is 0 Å². The fraction of sp³-hybridized carbons (Fsp3) is 0.900. The van der Waals surface area contributed by atoms with E-state index >= 15 is 0 Å². The third kappa shape index (κ3) is 1.64. The molecule has 14 heavy (non-hydrogen) atoms. The van der Waals surface area contributed by atoms with Gasteiger partial charge in [0.15, 0.2) is 0 Å². The highest BCUT2D eigenvalue weighted by molar-refractivity contribution is 5.83. The lowest BCUT2D eigenvalue weighted by Crippen LogP contribution is -2.75. The molecule has 0 aromatic rings. The smallest absolute Gasteiger partial charge is 0.329 e. The zero-order valence-corrected chi connectivity index (χ0v) is 8.92. The number of carbonyl (C=O) groups is 1. The van der Waals surface area contributed by atoms with Crippen LogP contribution in [-0.4, -0.2) is 36.4 Å². The van der Waals surface area contributed by atoms with Crippen LogP contribution < -0.4 is 5.32 Å². The second-order valence-electron chi connectivity index (χ2n) is 5.14. The van der Waals surface area contributed by atoms with Gasteiger partial charge in [-0.05, 0) is 27.2 Å². The molecule has 4 nitrogen and oxygen atoms in total. The van der Waals surface area contributed by atoms with Gasteiger partial charge in [-0.25, -0.2) is 4.79 Å². The number of morpholine rings is 1. The molecule has 2 atom stereocenters. The molecule has 3 saturated heterocycles. The molecule has 0 aromatic carbocycles. The molecule has 80 valence electrons. The average molecular weight is 199 g/mol. The number of ether oxygens (including phenoxy) is 2. The number of fused-ring (bicyclic) bond motifs is 2. The first kappa shape index (κ1) is 9.93. The molecule has 3 aliphatic heterocycles. The predicted octanol–water partition coefficient (Wildman–Crippen LogP) is 0.459. The summed E-state index contributed by atoms with van der Waals surface area (Å²) in [6, 6.07) is 0.344. The number of nitrogens with one attached hydrogen (secondary N) is 1. The highest BCUT2D eigenvalue weighted by atomic mass is 16.6. The van der Waals surface area contributed by atoms with E-state index in [4.69, 9.17) is 9.47 Å². The summed E-state index contributed by atoms with van der Waals surface area (Å²) in [6.07, 6.45) is 0.849. The minimum atomic E-state index is -0.545. The van der Waals surface area contributed by atoms with Crippen molar-refractivity contribution in [1.29, 1.82) is 0 Å². The van der Waals surface area contributed by atoms with E-state index in [1.807, 2.05) is 20.8 Å². The van der Waals surface area contributed by atoms with Gasteiger partial charge < -0.3 is 9.47 Å². The summed E-state index contributed by atoms with van der Waals surface area (Å²) in [5.41, 5.74) is -0.966. The maximum atomic E-state index is 11.8. The largest absolute Gasteiger partial charge is 0.459 e. The van der Waals surface area contributed by atoms with Crippen molar-refractivity contribution < 1.29 is 14.3 Å². The van der Waals surface area contributed by atoms with E-state index in [0.717, 1.165) is 6.42 Å². The molecule has 2 bridgehead atoms. The summed E-state index contributed by atoms with van der Waals surface area (Å²) in [5.74, 6) is -0.180. The van der Waals surface area contributed by atoms with Crippen molar-refractivity contribution in [3.05, 3.63) is 0 Å². The zero-order valence-electron chi connectivity index (χ0n) is 8.92. The SMILES string of the molecule is CC(C)(C)OC(=O)C12COCC(C1)N2. The number of hydrogen-bond donors (Lipinski definition) is 1. The summed E-state index contributed by atoms with van der Waals surface area (Å²) in [6.45, 7) is 6.78. The summed E-state index contributed by atoms with van der Waals surface area (Å²) >= 11 is 0. The first-order valence-electron chi connectivity index (χ1n) is 5.00. The maximum absolute atomic E-state index is 11.8. The Labute approximate surface area is 84.0 Å². The highest BCUT2D eigenvalue weighted by Crippen LogP contribution is 2.32. The van der Waals surface area contributed by atoms with Gasteiger partial charge in [-0.3, -0.25) is 5.32 Å². The molecule has 3 heterocycles. The molecular formula is C10H17NO3. The topological polar surface area (TPSA) is 47.6 Å². The molecule has 0 spiro atoms. The summed E-state index contributed by atoms with van der Waals surface area (Å²) in [5, 5.41) is 3.22. The van der Waals surface area contributed by atoms with Gasteiger partial charge in [0.1, 0.15) is 11.1 Å². The van der Waals surface area contributed by atoms with Gasteiger partial charge in [-0.15, -0.1) is 0 Å². The van der Waals surface area contributed by atoms with Crippen molar-refractivity contribution in [3.63, 3.8) is 0 Å². The van der Waals surface area contributed by atoms with Gasteiger partial charge in [-0.2, -0.15) is 0 Å². The number of carbonyl (C=O) groups excluding carboxylic acids is 1. The minimum Gasteiger partial charge on any atom is -0.459 e. The van der Waals surface area contributed by atoms with Crippen LogP contribution in [-0.2, 0) is 14.3 Å². The summed E-state index contributed by atoms with van der Waals surface area (Å²) in [7, 11) is 0. The Balaban J connectivity index is 1.98. The Morgan fingerprint density at radius 1 is 1.57 bits per heavy atom. The highest BCUT2D eigenvalue weighted by Gasteiger charge is 2.54. The van der Waals surface area contributed by atoms with E-state index in [0.29, 0.717) is 19.3 Å². The van der Waals surface area contributed by atoms with E-state index < -0.39 is 11.1 Å². The predicted molar refractivity (Wildman–Crippen MR) is 50.9 cm³/mol. The van der Waals surface area contributed by atoms with Gasteiger partial charge in [-0.1, -0.05) is 0 Å². The van der Waals surface area contributed by atoms with Gasteiger partial charge in [0.25, 0.3) is 0 Å². The first-order valence-corrected chi connectivity index (χ1v) is 5.00. The Morgan fingerprint density at radius 2 is 2.21 bits per heavy atom. The first-order chi connectivity index (χ1) is 6.41. The maximum Gasteiger partial charge on any atom is 0.329 e. The van der Waals surface area contributed by atoms with Crippen molar-refractivity contribution >= 4 is 5.97 Å².